The van der Waals surface area contributed by atoms with Crippen molar-refractivity contribution in [2.75, 3.05) is 0 Å². The molecular formula is C14H17NO3. The van der Waals surface area contributed by atoms with E-state index >= 15 is 0 Å². The van der Waals surface area contributed by atoms with E-state index in [2.05, 4.69) is 5.32 Å². The van der Waals surface area contributed by atoms with Crippen LogP contribution in [0.2, 0.25) is 0 Å². The summed E-state index contributed by atoms with van der Waals surface area (Å²) in [4.78, 5) is 22.9. The molecule has 2 rings (SSSR count). The zero-order valence-electron chi connectivity index (χ0n) is 10.2. The SMILES string of the molecule is O=C1CCC(NC(=O)Cc2cccc(O)c2)CC1. The molecule has 1 aromatic carbocycles. The fraction of sp³-hybridized carbons (Fsp3) is 0.429. The van der Waals surface area contributed by atoms with Gasteiger partial charge in [0.2, 0.25) is 5.91 Å². The van der Waals surface area contributed by atoms with E-state index in [1.54, 1.807) is 18.2 Å². The number of carbonyl (C=O) groups excluding carboxylic acids is 2. The predicted octanol–water partition coefficient (Wildman–Crippen LogP) is 1.56. The van der Waals surface area contributed by atoms with Crippen molar-refractivity contribution in [3.05, 3.63) is 29.8 Å². The van der Waals surface area contributed by atoms with E-state index in [9.17, 15) is 14.7 Å². The molecule has 0 bridgehead atoms. The molecule has 96 valence electrons. The van der Waals surface area contributed by atoms with E-state index in [4.69, 9.17) is 0 Å². The first-order chi connectivity index (χ1) is 8.63. The summed E-state index contributed by atoms with van der Waals surface area (Å²) in [5.41, 5.74) is 0.791. The number of ketones is 1. The molecule has 0 aromatic heterocycles. The predicted molar refractivity (Wildman–Crippen MR) is 67.2 cm³/mol. The number of benzene rings is 1. The molecule has 0 unspecified atom stereocenters. The number of carbonyl (C=O) groups is 2. The topological polar surface area (TPSA) is 66.4 Å². The van der Waals surface area contributed by atoms with Crippen LogP contribution in [0.15, 0.2) is 24.3 Å². The third-order valence-corrected chi connectivity index (χ3v) is 3.18. The molecule has 2 N–H and O–H groups in total. The molecule has 1 aliphatic rings. The van der Waals surface area contributed by atoms with Gasteiger partial charge in [0, 0.05) is 18.9 Å². The Kier molecular flexibility index (Phi) is 3.97. The first kappa shape index (κ1) is 12.6. The molecule has 1 aliphatic carbocycles. The molecule has 4 nitrogen and oxygen atoms in total. The quantitative estimate of drug-likeness (QED) is 0.852. The smallest absolute Gasteiger partial charge is 0.224 e. The molecular weight excluding hydrogens is 230 g/mol. The Balaban J connectivity index is 1.83. The van der Waals surface area contributed by atoms with Crippen LogP contribution in [0.25, 0.3) is 0 Å². The minimum atomic E-state index is -0.0556. The lowest BCUT2D eigenvalue weighted by Crippen LogP contribution is -2.38. The zero-order chi connectivity index (χ0) is 13.0. The number of rotatable bonds is 3. The molecule has 0 aliphatic heterocycles. The highest BCUT2D eigenvalue weighted by atomic mass is 16.3. The molecule has 1 fully saturated rings. The number of nitrogens with one attached hydrogen (secondary N) is 1. The van der Waals surface area contributed by atoms with Gasteiger partial charge in [-0.2, -0.15) is 0 Å². The lowest BCUT2D eigenvalue weighted by atomic mass is 9.94. The summed E-state index contributed by atoms with van der Waals surface area (Å²) >= 11 is 0. The maximum atomic E-state index is 11.8. The third-order valence-electron chi connectivity index (χ3n) is 3.18. The summed E-state index contributed by atoms with van der Waals surface area (Å²) in [5.74, 6) is 0.400. The highest BCUT2D eigenvalue weighted by molar-refractivity contribution is 5.81. The number of aromatic hydroxyl groups is 1. The van der Waals surface area contributed by atoms with Gasteiger partial charge in [-0.1, -0.05) is 12.1 Å². The fourth-order valence-corrected chi connectivity index (χ4v) is 2.21. The Bertz CT molecular complexity index is 446. The Morgan fingerprint density at radius 2 is 2.06 bits per heavy atom. The van der Waals surface area contributed by atoms with Crippen molar-refractivity contribution in [1.82, 2.24) is 5.32 Å². The van der Waals surface area contributed by atoms with Gasteiger partial charge in [-0.05, 0) is 30.5 Å². The molecule has 0 heterocycles. The highest BCUT2D eigenvalue weighted by Gasteiger charge is 2.20. The minimum Gasteiger partial charge on any atom is -0.508 e. The van der Waals surface area contributed by atoms with Crippen LogP contribution in [-0.4, -0.2) is 22.8 Å². The Labute approximate surface area is 106 Å². The summed E-state index contributed by atoms with van der Waals surface area (Å²) in [6.07, 6.45) is 2.88. The summed E-state index contributed by atoms with van der Waals surface area (Å²) < 4.78 is 0. The molecule has 4 heteroatoms. The fourth-order valence-electron chi connectivity index (χ4n) is 2.21. The van der Waals surface area contributed by atoms with E-state index < -0.39 is 0 Å². The van der Waals surface area contributed by atoms with E-state index in [0.29, 0.717) is 12.8 Å². The van der Waals surface area contributed by atoms with Crippen LogP contribution in [0.3, 0.4) is 0 Å². The normalized spacial score (nSPS) is 16.6. The molecule has 1 aromatic rings. The van der Waals surface area contributed by atoms with Crippen molar-refractivity contribution in [1.29, 1.82) is 0 Å². The Morgan fingerprint density at radius 3 is 2.72 bits per heavy atom. The van der Waals surface area contributed by atoms with Crippen LogP contribution in [0.1, 0.15) is 31.2 Å². The van der Waals surface area contributed by atoms with E-state index in [1.165, 1.54) is 0 Å². The number of amides is 1. The number of phenolic OH excluding ortho intramolecular Hbond substituents is 1. The molecule has 0 radical (unpaired) electrons. The summed E-state index contributed by atoms with van der Waals surface area (Å²) in [6.45, 7) is 0. The number of phenols is 1. The van der Waals surface area contributed by atoms with Gasteiger partial charge in [-0.25, -0.2) is 0 Å². The molecule has 0 spiro atoms. The van der Waals surface area contributed by atoms with Gasteiger partial charge in [-0.15, -0.1) is 0 Å². The van der Waals surface area contributed by atoms with Crippen molar-refractivity contribution in [3.63, 3.8) is 0 Å². The van der Waals surface area contributed by atoms with Crippen LogP contribution < -0.4 is 5.32 Å². The van der Waals surface area contributed by atoms with Crippen LogP contribution in [0.4, 0.5) is 0 Å². The third kappa shape index (κ3) is 3.58. The van der Waals surface area contributed by atoms with Crippen molar-refractivity contribution < 1.29 is 14.7 Å². The van der Waals surface area contributed by atoms with Gasteiger partial charge in [0.05, 0.1) is 6.42 Å². The zero-order valence-corrected chi connectivity index (χ0v) is 10.2. The molecule has 18 heavy (non-hydrogen) atoms. The Morgan fingerprint density at radius 1 is 1.33 bits per heavy atom. The molecule has 0 atom stereocenters. The largest absolute Gasteiger partial charge is 0.508 e. The molecule has 1 amide bonds. The maximum Gasteiger partial charge on any atom is 0.224 e. The van der Waals surface area contributed by atoms with Crippen LogP contribution in [0, 0.1) is 0 Å². The maximum absolute atomic E-state index is 11.8. The van der Waals surface area contributed by atoms with Crippen molar-refractivity contribution in [2.24, 2.45) is 0 Å². The van der Waals surface area contributed by atoms with E-state index in [-0.39, 0.29) is 29.9 Å². The lowest BCUT2D eigenvalue weighted by Gasteiger charge is -2.22. The highest BCUT2D eigenvalue weighted by Crippen LogP contribution is 2.15. The monoisotopic (exact) mass is 247 g/mol. The van der Waals surface area contributed by atoms with Gasteiger partial charge in [-0.3, -0.25) is 9.59 Å². The summed E-state index contributed by atoms with van der Waals surface area (Å²) in [7, 11) is 0. The van der Waals surface area contributed by atoms with Crippen molar-refractivity contribution in [2.45, 2.75) is 38.1 Å². The van der Waals surface area contributed by atoms with E-state index in [0.717, 1.165) is 18.4 Å². The van der Waals surface area contributed by atoms with Gasteiger partial charge in [0.25, 0.3) is 0 Å². The van der Waals surface area contributed by atoms with Crippen molar-refractivity contribution in [3.8, 4) is 5.75 Å². The van der Waals surface area contributed by atoms with Crippen molar-refractivity contribution >= 4 is 11.7 Å². The number of hydrogen-bond donors (Lipinski definition) is 2. The molecule has 1 saturated carbocycles. The van der Waals surface area contributed by atoms with Gasteiger partial charge >= 0.3 is 0 Å². The van der Waals surface area contributed by atoms with E-state index in [1.807, 2.05) is 6.07 Å². The summed E-state index contributed by atoms with van der Waals surface area (Å²) in [5, 5.41) is 12.2. The van der Waals surface area contributed by atoms with Crippen LogP contribution >= 0.6 is 0 Å². The molecule has 0 saturated heterocycles. The second-order valence-corrected chi connectivity index (χ2v) is 4.73. The number of Topliss-reactive ketones (excluding diaryl/α,β-unsaturated/α-hetero) is 1. The second-order valence-electron chi connectivity index (χ2n) is 4.73. The first-order valence-corrected chi connectivity index (χ1v) is 6.22. The van der Waals surface area contributed by atoms with Crippen LogP contribution in [0.5, 0.6) is 5.75 Å². The Hall–Kier alpha value is -1.84. The minimum absolute atomic E-state index is 0.0556. The van der Waals surface area contributed by atoms with Gasteiger partial charge in [0.15, 0.2) is 0 Å². The first-order valence-electron chi connectivity index (χ1n) is 6.22. The summed E-state index contributed by atoms with van der Waals surface area (Å²) in [6, 6.07) is 6.81. The lowest BCUT2D eigenvalue weighted by molar-refractivity contribution is -0.124. The van der Waals surface area contributed by atoms with Crippen LogP contribution in [-0.2, 0) is 16.0 Å². The second kappa shape index (κ2) is 5.67. The standard InChI is InChI=1S/C14H17NO3/c16-12-6-4-11(5-7-12)15-14(18)9-10-2-1-3-13(17)8-10/h1-3,8,11,17H,4-7,9H2,(H,15,18). The number of hydrogen-bond acceptors (Lipinski definition) is 3. The van der Waals surface area contributed by atoms with Gasteiger partial charge in [0.1, 0.15) is 11.5 Å². The average Bonchev–Trinajstić information content (AvgIpc) is 2.32. The van der Waals surface area contributed by atoms with Gasteiger partial charge < -0.3 is 10.4 Å². The average molecular weight is 247 g/mol.